The molecule has 1 aliphatic heterocycles. The van der Waals surface area contributed by atoms with Crippen molar-refractivity contribution in [3.05, 3.63) is 59.2 Å². The van der Waals surface area contributed by atoms with Gasteiger partial charge in [0.1, 0.15) is 12.4 Å². The van der Waals surface area contributed by atoms with Gasteiger partial charge in [-0.05, 0) is 62.6 Å². The molecule has 1 atom stereocenters. The van der Waals surface area contributed by atoms with E-state index in [9.17, 15) is 4.79 Å². The van der Waals surface area contributed by atoms with E-state index in [2.05, 4.69) is 35.8 Å². The number of ether oxygens (including phenoxy) is 1. The summed E-state index contributed by atoms with van der Waals surface area (Å²) in [7, 11) is 0. The molecule has 0 radical (unpaired) electrons. The minimum atomic E-state index is 0. The zero-order valence-corrected chi connectivity index (χ0v) is 16.2. The van der Waals surface area contributed by atoms with Gasteiger partial charge in [0.05, 0.1) is 5.92 Å². The third-order valence-electron chi connectivity index (χ3n) is 4.61. The van der Waals surface area contributed by atoms with Crippen LogP contribution in [0.5, 0.6) is 5.75 Å². The highest BCUT2D eigenvalue weighted by Crippen LogP contribution is 2.23. The van der Waals surface area contributed by atoms with Crippen LogP contribution in [-0.2, 0) is 11.4 Å². The van der Waals surface area contributed by atoms with E-state index >= 15 is 0 Å². The fourth-order valence-corrected chi connectivity index (χ4v) is 3.15. The fourth-order valence-electron chi connectivity index (χ4n) is 3.15. The molecule has 0 aliphatic carbocycles. The van der Waals surface area contributed by atoms with Crippen molar-refractivity contribution < 1.29 is 9.53 Å². The Kier molecular flexibility index (Phi) is 7.49. The third kappa shape index (κ3) is 5.48. The molecule has 0 bridgehead atoms. The summed E-state index contributed by atoms with van der Waals surface area (Å²) in [6, 6.07) is 14.1. The zero-order chi connectivity index (χ0) is 17.6. The lowest BCUT2D eigenvalue weighted by Crippen LogP contribution is -2.37. The Morgan fingerprint density at radius 3 is 2.77 bits per heavy atom. The van der Waals surface area contributed by atoms with E-state index in [-0.39, 0.29) is 24.2 Å². The summed E-state index contributed by atoms with van der Waals surface area (Å²) in [5.74, 6) is 0.977. The van der Waals surface area contributed by atoms with Crippen molar-refractivity contribution in [2.24, 2.45) is 5.92 Å². The molecule has 3 rings (SSSR count). The van der Waals surface area contributed by atoms with Crippen LogP contribution in [0.3, 0.4) is 0 Å². The largest absolute Gasteiger partial charge is 0.489 e. The third-order valence-corrected chi connectivity index (χ3v) is 4.61. The average molecular weight is 375 g/mol. The van der Waals surface area contributed by atoms with Crippen molar-refractivity contribution in [1.29, 1.82) is 0 Å². The van der Waals surface area contributed by atoms with Crippen LogP contribution in [0.1, 0.15) is 29.5 Å². The maximum Gasteiger partial charge on any atom is 0.228 e. The molecule has 2 aromatic carbocycles. The minimum absolute atomic E-state index is 0. The number of anilines is 1. The molecule has 1 saturated heterocycles. The van der Waals surface area contributed by atoms with Gasteiger partial charge in [-0.2, -0.15) is 0 Å². The lowest BCUT2D eigenvalue weighted by Gasteiger charge is -2.22. The first kappa shape index (κ1) is 20.3. The smallest absolute Gasteiger partial charge is 0.228 e. The first-order valence-corrected chi connectivity index (χ1v) is 8.92. The second kappa shape index (κ2) is 9.60. The summed E-state index contributed by atoms with van der Waals surface area (Å²) in [4.78, 5) is 12.4. The lowest BCUT2D eigenvalue weighted by atomic mass is 9.98. The van der Waals surface area contributed by atoms with Crippen LogP contribution >= 0.6 is 12.4 Å². The van der Waals surface area contributed by atoms with Crippen LogP contribution in [0.2, 0.25) is 0 Å². The van der Waals surface area contributed by atoms with Gasteiger partial charge in [-0.25, -0.2) is 0 Å². The van der Waals surface area contributed by atoms with E-state index in [0.717, 1.165) is 48.5 Å². The number of aryl methyl sites for hydroxylation is 2. The van der Waals surface area contributed by atoms with Crippen molar-refractivity contribution in [2.45, 2.75) is 33.3 Å². The van der Waals surface area contributed by atoms with Gasteiger partial charge >= 0.3 is 0 Å². The number of halogens is 1. The zero-order valence-electron chi connectivity index (χ0n) is 15.4. The number of piperidine rings is 1. The number of amides is 1. The molecule has 0 spiro atoms. The Hall–Kier alpha value is -2.04. The Morgan fingerprint density at radius 1 is 1.23 bits per heavy atom. The quantitative estimate of drug-likeness (QED) is 0.822. The van der Waals surface area contributed by atoms with Gasteiger partial charge in [0, 0.05) is 12.2 Å². The standard InChI is InChI=1S/C21H26N2O2.ClH/c1-15-5-3-6-17(11-15)14-25-19-8-9-20(16(2)12-19)23-21(24)18-7-4-10-22-13-18;/h3,5-6,8-9,11-12,18,22H,4,7,10,13-14H2,1-2H3,(H,23,24);1H. The van der Waals surface area contributed by atoms with E-state index in [0.29, 0.717) is 6.61 Å². The van der Waals surface area contributed by atoms with Crippen LogP contribution in [0.15, 0.2) is 42.5 Å². The number of hydrogen-bond donors (Lipinski definition) is 2. The van der Waals surface area contributed by atoms with E-state index in [4.69, 9.17) is 4.74 Å². The van der Waals surface area contributed by atoms with Gasteiger partial charge < -0.3 is 15.4 Å². The topological polar surface area (TPSA) is 50.4 Å². The van der Waals surface area contributed by atoms with Gasteiger partial charge in [0.15, 0.2) is 0 Å². The summed E-state index contributed by atoms with van der Waals surface area (Å²) in [6.07, 6.45) is 2.01. The lowest BCUT2D eigenvalue weighted by molar-refractivity contribution is -0.120. The van der Waals surface area contributed by atoms with E-state index in [1.54, 1.807) is 0 Å². The van der Waals surface area contributed by atoms with Gasteiger partial charge in [-0.3, -0.25) is 4.79 Å². The van der Waals surface area contributed by atoms with Crippen LogP contribution in [0, 0.1) is 19.8 Å². The highest BCUT2D eigenvalue weighted by Gasteiger charge is 2.21. The van der Waals surface area contributed by atoms with Crippen LogP contribution in [0.25, 0.3) is 0 Å². The Bertz CT molecular complexity index is 743. The molecular weight excluding hydrogens is 348 g/mol. The molecule has 1 aliphatic rings. The highest BCUT2D eigenvalue weighted by molar-refractivity contribution is 5.93. The summed E-state index contributed by atoms with van der Waals surface area (Å²) < 4.78 is 5.88. The second-order valence-corrected chi connectivity index (χ2v) is 6.79. The SMILES string of the molecule is Cc1cccc(COc2ccc(NC(=O)C3CCCNC3)c(C)c2)c1.Cl. The van der Waals surface area contributed by atoms with E-state index in [1.807, 2.05) is 31.2 Å². The van der Waals surface area contributed by atoms with Crippen molar-refractivity contribution in [2.75, 3.05) is 18.4 Å². The number of carbonyl (C=O) groups excluding carboxylic acids is 1. The summed E-state index contributed by atoms with van der Waals surface area (Å²) in [6.45, 7) is 6.39. The maximum atomic E-state index is 12.4. The number of hydrogen-bond acceptors (Lipinski definition) is 3. The van der Waals surface area contributed by atoms with Gasteiger partial charge in [0.2, 0.25) is 5.91 Å². The van der Waals surface area contributed by atoms with Crippen LogP contribution in [0.4, 0.5) is 5.69 Å². The summed E-state index contributed by atoms with van der Waals surface area (Å²) >= 11 is 0. The molecule has 1 unspecified atom stereocenters. The molecule has 1 heterocycles. The van der Waals surface area contributed by atoms with E-state index in [1.165, 1.54) is 5.56 Å². The molecule has 1 amide bonds. The maximum absolute atomic E-state index is 12.4. The monoisotopic (exact) mass is 374 g/mol. The molecule has 0 aromatic heterocycles. The number of carbonyl (C=O) groups is 1. The molecule has 2 aromatic rings. The Balaban J connectivity index is 0.00000243. The van der Waals surface area contributed by atoms with Gasteiger partial charge in [0.25, 0.3) is 0 Å². The van der Waals surface area contributed by atoms with Crippen molar-refractivity contribution in [3.63, 3.8) is 0 Å². The normalized spacial score (nSPS) is 16.5. The Labute approximate surface area is 161 Å². The first-order valence-electron chi connectivity index (χ1n) is 8.92. The molecular formula is C21H27ClN2O2. The number of nitrogens with one attached hydrogen (secondary N) is 2. The number of rotatable bonds is 5. The molecule has 0 saturated carbocycles. The summed E-state index contributed by atoms with van der Waals surface area (Å²) in [5.41, 5.74) is 4.25. The first-order chi connectivity index (χ1) is 12.1. The van der Waals surface area contributed by atoms with Crippen molar-refractivity contribution in [3.8, 4) is 5.75 Å². The van der Waals surface area contributed by atoms with Crippen LogP contribution in [-0.4, -0.2) is 19.0 Å². The molecule has 140 valence electrons. The highest BCUT2D eigenvalue weighted by atomic mass is 35.5. The average Bonchev–Trinajstić information content (AvgIpc) is 2.63. The van der Waals surface area contributed by atoms with Gasteiger partial charge in [-0.1, -0.05) is 29.8 Å². The number of benzene rings is 2. The fraction of sp³-hybridized carbons (Fsp3) is 0.381. The molecule has 26 heavy (non-hydrogen) atoms. The van der Waals surface area contributed by atoms with Crippen LogP contribution < -0.4 is 15.4 Å². The molecule has 2 N–H and O–H groups in total. The molecule has 4 nitrogen and oxygen atoms in total. The van der Waals surface area contributed by atoms with Crippen molar-refractivity contribution in [1.82, 2.24) is 5.32 Å². The predicted octanol–water partition coefficient (Wildman–Crippen LogP) is 4.24. The minimum Gasteiger partial charge on any atom is -0.489 e. The predicted molar refractivity (Wildman–Crippen MR) is 108 cm³/mol. The Morgan fingerprint density at radius 2 is 2.08 bits per heavy atom. The summed E-state index contributed by atoms with van der Waals surface area (Å²) in [5, 5.41) is 6.33. The molecule has 1 fully saturated rings. The van der Waals surface area contributed by atoms with E-state index < -0.39 is 0 Å². The van der Waals surface area contributed by atoms with Crippen molar-refractivity contribution >= 4 is 24.0 Å². The van der Waals surface area contributed by atoms with Gasteiger partial charge in [-0.15, -0.1) is 12.4 Å². The molecule has 5 heteroatoms. The second-order valence-electron chi connectivity index (χ2n) is 6.79.